The lowest BCUT2D eigenvalue weighted by Gasteiger charge is -2.28. The summed E-state index contributed by atoms with van der Waals surface area (Å²) in [6.45, 7) is 0. The number of fused-ring (bicyclic) bond motifs is 11. The van der Waals surface area contributed by atoms with Crippen LogP contribution in [-0.4, -0.2) is 0 Å². The second-order valence-corrected chi connectivity index (χ2v) is 14.9. The molecule has 0 aliphatic heterocycles. The zero-order valence-corrected chi connectivity index (χ0v) is 29.3. The van der Waals surface area contributed by atoms with Gasteiger partial charge >= 0.3 is 0 Å². The Morgan fingerprint density at radius 1 is 0.352 bits per heavy atom. The molecule has 2 heterocycles. The Morgan fingerprint density at radius 3 is 1.57 bits per heavy atom. The van der Waals surface area contributed by atoms with Crippen molar-refractivity contribution >= 4 is 65.4 Å². The largest absolute Gasteiger partial charge is 0.456 e. The Kier molecular flexibility index (Phi) is 6.20. The number of benzene rings is 9. The van der Waals surface area contributed by atoms with E-state index in [0.29, 0.717) is 5.92 Å². The van der Waals surface area contributed by atoms with Gasteiger partial charge in [-0.15, -0.1) is 0 Å². The van der Waals surface area contributed by atoms with Crippen molar-refractivity contribution in [3.8, 4) is 33.4 Å². The molecule has 2 nitrogen and oxygen atoms in total. The van der Waals surface area contributed by atoms with E-state index in [2.05, 4.69) is 176 Å². The number of hydrogen-bond donors (Lipinski definition) is 0. The summed E-state index contributed by atoms with van der Waals surface area (Å²) in [5.41, 5.74) is 15.1. The van der Waals surface area contributed by atoms with E-state index in [0.717, 1.165) is 50.3 Å². The molecule has 54 heavy (non-hydrogen) atoms. The topological polar surface area (TPSA) is 26.3 Å². The molecule has 252 valence electrons. The summed E-state index contributed by atoms with van der Waals surface area (Å²) < 4.78 is 12.9. The zero-order valence-electron chi connectivity index (χ0n) is 29.3. The molecule has 0 spiro atoms. The Hall–Kier alpha value is -6.90. The van der Waals surface area contributed by atoms with E-state index in [1.54, 1.807) is 0 Å². The molecule has 12 rings (SSSR count). The van der Waals surface area contributed by atoms with Gasteiger partial charge in [0, 0.05) is 27.5 Å². The SMILES string of the molecule is c1ccc2c(c1)CC(c1ccc3cc(-c4ccc5oc6cc7c(cc6c5c4)oc4ccc(-c5ccc6ccccc6c5)cc47)ccc3c1)c1ccccc1-2. The van der Waals surface area contributed by atoms with Crippen molar-refractivity contribution in [2.75, 3.05) is 0 Å². The molecule has 0 N–H and O–H groups in total. The van der Waals surface area contributed by atoms with Crippen LogP contribution in [0.3, 0.4) is 0 Å². The maximum Gasteiger partial charge on any atom is 0.136 e. The Labute approximate surface area is 311 Å². The zero-order chi connectivity index (χ0) is 35.3. The fraction of sp³-hybridized carbons (Fsp3) is 0.0385. The molecule has 9 aromatic carbocycles. The third-order valence-corrected chi connectivity index (χ3v) is 11.8. The van der Waals surface area contributed by atoms with Gasteiger partial charge in [0.2, 0.25) is 0 Å². The summed E-state index contributed by atoms with van der Waals surface area (Å²) in [5, 5.41) is 9.30. The Morgan fingerprint density at radius 2 is 0.852 bits per heavy atom. The van der Waals surface area contributed by atoms with Gasteiger partial charge in [0.1, 0.15) is 22.3 Å². The maximum absolute atomic E-state index is 6.48. The molecule has 2 heteroatoms. The molecule has 1 aliphatic carbocycles. The smallest absolute Gasteiger partial charge is 0.136 e. The molecule has 0 saturated carbocycles. The number of rotatable bonds is 3. The fourth-order valence-electron chi connectivity index (χ4n) is 9.07. The fourth-order valence-corrected chi connectivity index (χ4v) is 9.07. The van der Waals surface area contributed by atoms with E-state index in [4.69, 9.17) is 8.83 Å². The van der Waals surface area contributed by atoms with E-state index in [1.165, 1.54) is 71.6 Å². The van der Waals surface area contributed by atoms with Crippen LogP contribution in [0, 0.1) is 0 Å². The Balaban J connectivity index is 0.903. The molecule has 1 unspecified atom stereocenters. The standard InChI is InChI=1S/C52H32O2/c1-2-8-32-23-34(14-13-31(32)7-1)37-19-21-49-45(26-37)47-29-52-48(30-51(47)53-49)46-27-38(20-22-50(46)54-52)35-15-16-36-25-40(18-17-33(36)24-35)44-28-39-9-3-4-10-41(39)42-11-5-6-12-43(42)44/h1-27,29-30,44H,28H2. The molecular formula is C52H32O2. The quantitative estimate of drug-likeness (QED) is 0.185. The predicted molar refractivity (Wildman–Crippen MR) is 224 cm³/mol. The summed E-state index contributed by atoms with van der Waals surface area (Å²) >= 11 is 0. The van der Waals surface area contributed by atoms with Crippen LogP contribution in [0.25, 0.3) is 98.8 Å². The third-order valence-electron chi connectivity index (χ3n) is 11.8. The van der Waals surface area contributed by atoms with Crippen LogP contribution in [0.15, 0.2) is 185 Å². The first-order valence-corrected chi connectivity index (χ1v) is 18.7. The lowest BCUT2D eigenvalue weighted by atomic mass is 9.75. The van der Waals surface area contributed by atoms with Gasteiger partial charge in [-0.2, -0.15) is 0 Å². The van der Waals surface area contributed by atoms with Crippen molar-refractivity contribution in [2.45, 2.75) is 12.3 Å². The first-order chi connectivity index (χ1) is 26.7. The molecule has 1 atom stereocenters. The molecule has 0 fully saturated rings. The van der Waals surface area contributed by atoms with Crippen molar-refractivity contribution in [2.24, 2.45) is 0 Å². The minimum absolute atomic E-state index is 0.335. The molecular weight excluding hydrogens is 657 g/mol. The van der Waals surface area contributed by atoms with Gasteiger partial charge in [-0.1, -0.05) is 127 Å². The van der Waals surface area contributed by atoms with Crippen molar-refractivity contribution in [1.82, 2.24) is 0 Å². The summed E-state index contributed by atoms with van der Waals surface area (Å²) in [5.74, 6) is 0.335. The molecule has 0 radical (unpaired) electrons. The van der Waals surface area contributed by atoms with Gasteiger partial charge in [0.05, 0.1) is 0 Å². The minimum atomic E-state index is 0.335. The van der Waals surface area contributed by atoms with Crippen molar-refractivity contribution in [3.63, 3.8) is 0 Å². The molecule has 0 saturated heterocycles. The van der Waals surface area contributed by atoms with E-state index in [9.17, 15) is 0 Å². The van der Waals surface area contributed by atoms with Crippen LogP contribution in [0.2, 0.25) is 0 Å². The second-order valence-electron chi connectivity index (χ2n) is 14.9. The van der Waals surface area contributed by atoms with Crippen LogP contribution < -0.4 is 0 Å². The first-order valence-electron chi connectivity index (χ1n) is 18.7. The highest BCUT2D eigenvalue weighted by Crippen LogP contribution is 2.44. The first kappa shape index (κ1) is 29.7. The Bertz CT molecular complexity index is 3320. The van der Waals surface area contributed by atoms with Gasteiger partial charge < -0.3 is 8.83 Å². The van der Waals surface area contributed by atoms with E-state index < -0.39 is 0 Å². The van der Waals surface area contributed by atoms with E-state index >= 15 is 0 Å². The number of hydrogen-bond acceptors (Lipinski definition) is 2. The van der Waals surface area contributed by atoms with Gasteiger partial charge in [-0.05, 0) is 127 Å². The average Bonchev–Trinajstić information content (AvgIpc) is 3.78. The van der Waals surface area contributed by atoms with Gasteiger partial charge in [-0.3, -0.25) is 0 Å². The normalized spacial score (nSPS) is 14.0. The van der Waals surface area contributed by atoms with Crippen molar-refractivity contribution in [3.05, 3.63) is 193 Å². The molecule has 2 aromatic heterocycles. The maximum atomic E-state index is 6.48. The minimum Gasteiger partial charge on any atom is -0.456 e. The lowest BCUT2D eigenvalue weighted by molar-refractivity contribution is 0.664. The van der Waals surface area contributed by atoms with E-state index in [1.807, 2.05) is 0 Å². The summed E-state index contributed by atoms with van der Waals surface area (Å²) in [7, 11) is 0. The monoisotopic (exact) mass is 688 g/mol. The second kappa shape index (κ2) is 11.3. The van der Waals surface area contributed by atoms with Crippen LogP contribution >= 0.6 is 0 Å². The molecule has 1 aliphatic rings. The van der Waals surface area contributed by atoms with Crippen LogP contribution in [-0.2, 0) is 6.42 Å². The van der Waals surface area contributed by atoms with Gasteiger partial charge in [0.25, 0.3) is 0 Å². The summed E-state index contributed by atoms with van der Waals surface area (Å²) in [6.07, 6.45) is 1.02. The lowest BCUT2D eigenvalue weighted by Crippen LogP contribution is -2.12. The predicted octanol–water partition coefficient (Wildman–Crippen LogP) is 14.5. The van der Waals surface area contributed by atoms with Crippen molar-refractivity contribution in [1.29, 1.82) is 0 Å². The summed E-state index contributed by atoms with van der Waals surface area (Å²) in [4.78, 5) is 0. The summed E-state index contributed by atoms with van der Waals surface area (Å²) in [6, 6.07) is 64.1. The van der Waals surface area contributed by atoms with Crippen molar-refractivity contribution < 1.29 is 8.83 Å². The van der Waals surface area contributed by atoms with Gasteiger partial charge in [-0.25, -0.2) is 0 Å². The third kappa shape index (κ3) is 4.53. The van der Waals surface area contributed by atoms with Crippen LogP contribution in [0.1, 0.15) is 22.6 Å². The highest BCUT2D eigenvalue weighted by molar-refractivity contribution is 6.15. The molecule has 11 aromatic rings. The van der Waals surface area contributed by atoms with Crippen LogP contribution in [0.5, 0.6) is 0 Å². The van der Waals surface area contributed by atoms with E-state index in [-0.39, 0.29) is 0 Å². The highest BCUT2D eigenvalue weighted by atomic mass is 16.3. The van der Waals surface area contributed by atoms with Gasteiger partial charge in [0.15, 0.2) is 0 Å². The average molecular weight is 689 g/mol. The molecule has 0 amide bonds. The van der Waals surface area contributed by atoms with Crippen LogP contribution in [0.4, 0.5) is 0 Å². The molecule has 0 bridgehead atoms. The highest BCUT2D eigenvalue weighted by Gasteiger charge is 2.25. The number of furan rings is 2.